The fourth-order valence-electron chi connectivity index (χ4n) is 4.33. The number of piperidine rings is 1. The first-order valence-electron chi connectivity index (χ1n) is 11.7. The molecule has 8 nitrogen and oxygen atoms in total. The molecule has 1 saturated heterocycles. The lowest BCUT2D eigenvalue weighted by molar-refractivity contribution is 0.0668. The number of amides is 3. The van der Waals surface area contributed by atoms with Crippen molar-refractivity contribution in [2.24, 2.45) is 5.92 Å². The van der Waals surface area contributed by atoms with Crippen molar-refractivity contribution < 1.29 is 9.59 Å². The van der Waals surface area contributed by atoms with E-state index in [1.54, 1.807) is 4.80 Å². The molecule has 0 bridgehead atoms. The molecule has 2 aromatic carbocycles. The van der Waals surface area contributed by atoms with Gasteiger partial charge in [0, 0.05) is 25.3 Å². The Labute approximate surface area is 200 Å². The van der Waals surface area contributed by atoms with Crippen LogP contribution in [0, 0.1) is 33.6 Å². The van der Waals surface area contributed by atoms with E-state index < -0.39 is 0 Å². The van der Waals surface area contributed by atoms with E-state index in [0.29, 0.717) is 31.0 Å². The number of hydrogen-bond donors (Lipinski definition) is 2. The van der Waals surface area contributed by atoms with Gasteiger partial charge < -0.3 is 15.5 Å². The minimum Gasteiger partial charge on any atom is -0.338 e. The third-order valence-electron chi connectivity index (χ3n) is 6.22. The van der Waals surface area contributed by atoms with Crippen molar-refractivity contribution in [2.75, 3.05) is 25.0 Å². The van der Waals surface area contributed by atoms with Gasteiger partial charge in [-0.05, 0) is 70.2 Å². The maximum absolute atomic E-state index is 13.3. The third kappa shape index (κ3) is 5.44. The first-order chi connectivity index (χ1) is 16.3. The maximum Gasteiger partial charge on any atom is 0.319 e. The summed E-state index contributed by atoms with van der Waals surface area (Å²) in [5.41, 5.74) is 5.98. The summed E-state index contributed by atoms with van der Waals surface area (Å²) in [5.74, 6) is 0.0819. The Hall–Kier alpha value is -3.68. The Bertz CT molecular complexity index is 1180. The molecule has 1 aromatic heterocycles. The van der Waals surface area contributed by atoms with Crippen LogP contribution in [0.1, 0.15) is 45.7 Å². The molecule has 178 valence electrons. The Morgan fingerprint density at radius 2 is 1.74 bits per heavy atom. The smallest absolute Gasteiger partial charge is 0.319 e. The second kappa shape index (κ2) is 10.1. The van der Waals surface area contributed by atoms with Gasteiger partial charge in [-0.25, -0.2) is 4.79 Å². The number of carbonyl (C=O) groups excluding carboxylic acids is 2. The minimum atomic E-state index is -0.237. The summed E-state index contributed by atoms with van der Waals surface area (Å²) in [6, 6.07) is 13.5. The van der Waals surface area contributed by atoms with E-state index in [9.17, 15) is 9.59 Å². The normalized spacial score (nSPS) is 15.8. The number of urea groups is 1. The van der Waals surface area contributed by atoms with Crippen LogP contribution in [0.3, 0.4) is 0 Å². The lowest BCUT2D eigenvalue weighted by atomic mass is 9.97. The second-order valence-electron chi connectivity index (χ2n) is 9.17. The van der Waals surface area contributed by atoms with E-state index in [2.05, 4.69) is 26.9 Å². The van der Waals surface area contributed by atoms with Crippen LogP contribution in [-0.2, 0) is 0 Å². The standard InChI is InChI=1S/C26H32N6O2/c1-17-7-10-22(11-8-17)28-26(34)27-15-21-6-5-13-31(16-21)25(33)24-20(4)29-32(30-24)23-12-9-18(2)14-19(23)3/h7-12,14,21H,5-6,13,15-16H2,1-4H3,(H2,27,28,34). The van der Waals surface area contributed by atoms with Gasteiger partial charge in [0.15, 0.2) is 5.69 Å². The van der Waals surface area contributed by atoms with Gasteiger partial charge in [0.2, 0.25) is 0 Å². The lowest BCUT2D eigenvalue weighted by Gasteiger charge is -2.32. The molecule has 34 heavy (non-hydrogen) atoms. The molecule has 8 heteroatoms. The molecule has 3 aromatic rings. The van der Waals surface area contributed by atoms with Crippen LogP contribution in [0.2, 0.25) is 0 Å². The molecule has 0 saturated carbocycles. The lowest BCUT2D eigenvalue weighted by Crippen LogP contribution is -2.44. The molecule has 0 aliphatic carbocycles. The predicted octanol–water partition coefficient (Wildman–Crippen LogP) is 4.17. The van der Waals surface area contributed by atoms with Gasteiger partial charge >= 0.3 is 6.03 Å². The molecule has 1 aliphatic heterocycles. The van der Waals surface area contributed by atoms with E-state index >= 15 is 0 Å². The summed E-state index contributed by atoms with van der Waals surface area (Å²) in [6.45, 7) is 9.65. The minimum absolute atomic E-state index is 0.109. The van der Waals surface area contributed by atoms with Crippen LogP contribution in [0.5, 0.6) is 0 Å². The van der Waals surface area contributed by atoms with Crippen molar-refractivity contribution in [3.05, 3.63) is 70.5 Å². The van der Waals surface area contributed by atoms with Crippen molar-refractivity contribution >= 4 is 17.6 Å². The van der Waals surface area contributed by atoms with Crippen molar-refractivity contribution in [2.45, 2.75) is 40.5 Å². The summed E-state index contributed by atoms with van der Waals surface area (Å²) >= 11 is 0. The molecular formula is C26H32N6O2. The number of carbonyl (C=O) groups is 2. The topological polar surface area (TPSA) is 92.2 Å². The van der Waals surface area contributed by atoms with Gasteiger partial charge in [-0.15, -0.1) is 5.10 Å². The van der Waals surface area contributed by atoms with Crippen molar-refractivity contribution in [3.63, 3.8) is 0 Å². The Kier molecular flexibility index (Phi) is 6.95. The van der Waals surface area contributed by atoms with Crippen LogP contribution >= 0.6 is 0 Å². The van der Waals surface area contributed by atoms with E-state index in [4.69, 9.17) is 0 Å². The number of benzene rings is 2. The van der Waals surface area contributed by atoms with Gasteiger partial charge in [0.1, 0.15) is 0 Å². The molecule has 2 heterocycles. The van der Waals surface area contributed by atoms with E-state index in [1.807, 2.05) is 69.0 Å². The number of hydrogen-bond acceptors (Lipinski definition) is 4. The zero-order valence-corrected chi connectivity index (χ0v) is 20.3. The van der Waals surface area contributed by atoms with Crippen LogP contribution in [0.25, 0.3) is 5.69 Å². The summed E-state index contributed by atoms with van der Waals surface area (Å²) in [5, 5.41) is 14.8. The first-order valence-corrected chi connectivity index (χ1v) is 11.7. The van der Waals surface area contributed by atoms with Gasteiger partial charge in [-0.1, -0.05) is 35.4 Å². The molecule has 3 amide bonds. The second-order valence-corrected chi connectivity index (χ2v) is 9.17. The number of rotatable bonds is 5. The van der Waals surface area contributed by atoms with Crippen LogP contribution < -0.4 is 10.6 Å². The van der Waals surface area contributed by atoms with Gasteiger partial charge in [-0.2, -0.15) is 9.90 Å². The van der Waals surface area contributed by atoms with Gasteiger partial charge in [0.25, 0.3) is 5.91 Å². The maximum atomic E-state index is 13.3. The van der Waals surface area contributed by atoms with E-state index in [1.165, 1.54) is 5.56 Å². The van der Waals surface area contributed by atoms with Crippen LogP contribution in [0.4, 0.5) is 10.5 Å². The fourth-order valence-corrected chi connectivity index (χ4v) is 4.33. The molecule has 1 aliphatic rings. The molecule has 1 atom stereocenters. The molecule has 1 unspecified atom stereocenters. The Morgan fingerprint density at radius 1 is 1.00 bits per heavy atom. The Morgan fingerprint density at radius 3 is 2.47 bits per heavy atom. The van der Waals surface area contributed by atoms with Crippen molar-refractivity contribution in [1.82, 2.24) is 25.2 Å². The fraction of sp³-hybridized carbons (Fsp3) is 0.385. The monoisotopic (exact) mass is 460 g/mol. The highest BCUT2D eigenvalue weighted by Gasteiger charge is 2.28. The average Bonchev–Trinajstić information content (AvgIpc) is 3.20. The highest BCUT2D eigenvalue weighted by Crippen LogP contribution is 2.20. The third-order valence-corrected chi connectivity index (χ3v) is 6.22. The molecule has 4 rings (SSSR count). The number of nitrogens with zero attached hydrogens (tertiary/aromatic N) is 4. The van der Waals surface area contributed by atoms with Gasteiger partial charge in [-0.3, -0.25) is 4.79 Å². The number of nitrogens with one attached hydrogen (secondary N) is 2. The summed E-state index contributed by atoms with van der Waals surface area (Å²) in [7, 11) is 0. The molecule has 2 N–H and O–H groups in total. The van der Waals surface area contributed by atoms with Crippen molar-refractivity contribution in [3.8, 4) is 5.69 Å². The molecule has 1 fully saturated rings. The van der Waals surface area contributed by atoms with Crippen molar-refractivity contribution in [1.29, 1.82) is 0 Å². The number of aromatic nitrogens is 3. The van der Waals surface area contributed by atoms with E-state index in [-0.39, 0.29) is 17.9 Å². The summed E-state index contributed by atoms with van der Waals surface area (Å²) < 4.78 is 0. The van der Waals surface area contributed by atoms with Crippen LogP contribution in [-0.4, -0.2) is 51.5 Å². The molecule has 0 radical (unpaired) electrons. The number of anilines is 1. The highest BCUT2D eigenvalue weighted by molar-refractivity contribution is 5.93. The molecule has 0 spiro atoms. The predicted molar refractivity (Wildman–Crippen MR) is 132 cm³/mol. The Balaban J connectivity index is 1.36. The quantitative estimate of drug-likeness (QED) is 0.598. The first kappa shape index (κ1) is 23.5. The highest BCUT2D eigenvalue weighted by atomic mass is 16.2. The summed E-state index contributed by atoms with van der Waals surface area (Å²) in [6.07, 6.45) is 1.85. The molecular weight excluding hydrogens is 428 g/mol. The average molecular weight is 461 g/mol. The largest absolute Gasteiger partial charge is 0.338 e. The van der Waals surface area contributed by atoms with Crippen LogP contribution in [0.15, 0.2) is 42.5 Å². The summed E-state index contributed by atoms with van der Waals surface area (Å²) in [4.78, 5) is 28.9. The SMILES string of the molecule is Cc1ccc(NC(=O)NCC2CCCN(C(=O)c3nn(-c4ccc(C)cc4C)nc3C)C2)cc1. The number of aryl methyl sites for hydroxylation is 4. The number of likely N-dealkylation sites (tertiary alicyclic amines) is 1. The van der Waals surface area contributed by atoms with Gasteiger partial charge in [0.05, 0.1) is 11.4 Å². The zero-order valence-electron chi connectivity index (χ0n) is 20.3. The zero-order chi connectivity index (χ0) is 24.2. The van der Waals surface area contributed by atoms with E-state index in [0.717, 1.165) is 35.3 Å².